The summed E-state index contributed by atoms with van der Waals surface area (Å²) in [6.07, 6.45) is 0.346. The van der Waals surface area contributed by atoms with E-state index < -0.39 is 26.6 Å². The lowest BCUT2D eigenvalue weighted by atomic mass is 10.6. The third-order valence-electron chi connectivity index (χ3n) is 1.66. The van der Waals surface area contributed by atoms with Gasteiger partial charge in [-0.1, -0.05) is 0 Å². The first kappa shape index (κ1) is 12.7. The van der Waals surface area contributed by atoms with Crippen molar-refractivity contribution in [2.45, 2.75) is 5.91 Å². The van der Waals surface area contributed by atoms with Crippen LogP contribution in [0, 0.1) is 30.3 Å². The van der Waals surface area contributed by atoms with E-state index in [2.05, 4.69) is 20.1 Å². The monoisotopic (exact) mass is 259 g/mol. The molecule has 0 aliphatic carbocycles. The normalized spacial score (nSPS) is 10.4. The van der Waals surface area contributed by atoms with Gasteiger partial charge in [-0.15, -0.1) is 5.10 Å². The Balaban J connectivity index is 3.51. The molecule has 0 spiro atoms. The van der Waals surface area contributed by atoms with Crippen LogP contribution in [-0.2, 0) is 5.91 Å². The number of hydrogen-bond donors (Lipinski definition) is 0. The first-order valence-corrected chi connectivity index (χ1v) is 3.78. The summed E-state index contributed by atoms with van der Waals surface area (Å²) in [4.78, 5) is 31.9. The number of nitrogens with zero attached hydrogens (tertiary/aromatic N) is 9. The lowest BCUT2D eigenvalue weighted by molar-refractivity contribution is -1.01. The molecule has 0 amide bonds. The van der Waals surface area contributed by atoms with Crippen LogP contribution in [0.3, 0.4) is 0 Å². The maximum Gasteiger partial charge on any atom is 0.822 e. The van der Waals surface area contributed by atoms with E-state index in [1.165, 1.54) is 0 Å². The van der Waals surface area contributed by atoms with Crippen LogP contribution >= 0.6 is 0 Å². The average molecular weight is 259 g/mol. The van der Waals surface area contributed by atoms with Crippen molar-refractivity contribution in [3.8, 4) is 0 Å². The fraction of sp³-hybridized carbons (Fsp3) is 0.333. The zero-order valence-corrected chi connectivity index (χ0v) is 8.05. The molecule has 94 valence electrons. The van der Waals surface area contributed by atoms with Gasteiger partial charge in [0.15, 0.2) is 0 Å². The SMILES string of the molecule is [N-]=[N+]=Nc1ncn(C([N+](=O)[O-])([N+](=O)[O-])[N+](=O)[O-])n1. The lowest BCUT2D eigenvalue weighted by Crippen LogP contribution is -2.55. The van der Waals surface area contributed by atoms with Crippen molar-refractivity contribution in [1.29, 1.82) is 0 Å². The second kappa shape index (κ2) is 4.26. The molecule has 18 heavy (non-hydrogen) atoms. The molecule has 0 atom stereocenters. The molecule has 1 aromatic rings. The van der Waals surface area contributed by atoms with E-state index in [1.54, 1.807) is 0 Å². The Bertz CT molecular complexity index is 533. The van der Waals surface area contributed by atoms with Crippen LogP contribution in [0.2, 0.25) is 0 Å². The highest BCUT2D eigenvalue weighted by atomic mass is 16.7. The zero-order valence-electron chi connectivity index (χ0n) is 8.05. The van der Waals surface area contributed by atoms with Crippen molar-refractivity contribution in [1.82, 2.24) is 14.8 Å². The third-order valence-corrected chi connectivity index (χ3v) is 1.66. The number of azide groups is 1. The van der Waals surface area contributed by atoms with Crippen LogP contribution in [0.5, 0.6) is 0 Å². The summed E-state index contributed by atoms with van der Waals surface area (Å²) in [5, 5.41) is 37.6. The molecule has 0 bridgehead atoms. The van der Waals surface area contributed by atoms with Gasteiger partial charge in [0.2, 0.25) is 20.7 Å². The largest absolute Gasteiger partial charge is 0.822 e. The van der Waals surface area contributed by atoms with Gasteiger partial charge in [-0.2, -0.15) is 0 Å². The first-order chi connectivity index (χ1) is 8.37. The van der Waals surface area contributed by atoms with E-state index in [9.17, 15) is 30.3 Å². The second-order valence-corrected chi connectivity index (χ2v) is 2.55. The quantitative estimate of drug-likeness (QED) is 0.169. The van der Waals surface area contributed by atoms with Crippen molar-refractivity contribution in [3.63, 3.8) is 0 Å². The Morgan fingerprint density at radius 2 is 1.78 bits per heavy atom. The molecule has 1 rings (SSSR count). The molecule has 0 aliphatic rings. The van der Waals surface area contributed by atoms with E-state index >= 15 is 0 Å². The Morgan fingerprint density at radius 3 is 2.17 bits per heavy atom. The van der Waals surface area contributed by atoms with Gasteiger partial charge in [-0.25, -0.2) is 4.98 Å². The molecule has 1 heterocycles. The van der Waals surface area contributed by atoms with Crippen molar-refractivity contribution < 1.29 is 14.8 Å². The summed E-state index contributed by atoms with van der Waals surface area (Å²) in [6, 6.07) is 0. The predicted octanol–water partition coefficient (Wildman–Crippen LogP) is -0.382. The van der Waals surface area contributed by atoms with Crippen molar-refractivity contribution in [2.24, 2.45) is 5.11 Å². The third kappa shape index (κ3) is 1.61. The highest BCUT2D eigenvalue weighted by Crippen LogP contribution is 2.19. The average Bonchev–Trinajstić information content (AvgIpc) is 2.66. The van der Waals surface area contributed by atoms with E-state index in [0.717, 1.165) is 0 Å². The molecule has 15 nitrogen and oxygen atoms in total. The fourth-order valence-electron chi connectivity index (χ4n) is 0.936. The smallest absolute Gasteiger partial charge is 0.251 e. The maximum atomic E-state index is 10.6. The van der Waals surface area contributed by atoms with E-state index in [0.29, 0.717) is 6.33 Å². The van der Waals surface area contributed by atoms with Gasteiger partial charge in [0.1, 0.15) is 6.33 Å². The summed E-state index contributed by atoms with van der Waals surface area (Å²) in [7, 11) is 0. The molecule has 0 aliphatic heterocycles. The van der Waals surface area contributed by atoms with Crippen LogP contribution in [0.4, 0.5) is 5.95 Å². The minimum Gasteiger partial charge on any atom is -0.251 e. The number of rotatable bonds is 5. The molecular weight excluding hydrogens is 258 g/mol. The Hall–Kier alpha value is -3.35. The van der Waals surface area contributed by atoms with Gasteiger partial charge in [0, 0.05) is 4.91 Å². The molecule has 0 saturated heterocycles. The number of hydrogen-bond acceptors (Lipinski definition) is 9. The Kier molecular flexibility index (Phi) is 3.01. The number of nitro groups is 3. The standard InChI is InChI=1S/C3HN9O6/c4-8-6-2-5-1-9(7-2)3(10(13)14,11(15)16)12(17)18/h1H. The van der Waals surface area contributed by atoms with E-state index in [-0.39, 0.29) is 4.68 Å². The van der Waals surface area contributed by atoms with Crippen LogP contribution in [0.15, 0.2) is 11.4 Å². The van der Waals surface area contributed by atoms with Crippen LogP contribution in [0.25, 0.3) is 10.4 Å². The predicted molar refractivity (Wildman–Crippen MR) is 47.8 cm³/mol. The molecule has 0 saturated carbocycles. The van der Waals surface area contributed by atoms with Gasteiger partial charge < -0.3 is 0 Å². The molecule has 1 aromatic heterocycles. The molecule has 0 unspecified atom stereocenters. The van der Waals surface area contributed by atoms with Gasteiger partial charge in [0.05, 0.1) is 0 Å². The molecule has 15 heteroatoms. The number of aromatic nitrogens is 3. The van der Waals surface area contributed by atoms with Crippen molar-refractivity contribution >= 4 is 5.95 Å². The molecule has 0 aromatic carbocycles. The minimum atomic E-state index is -3.96. The van der Waals surface area contributed by atoms with Gasteiger partial charge >= 0.3 is 5.91 Å². The fourth-order valence-corrected chi connectivity index (χ4v) is 0.936. The summed E-state index contributed by atoms with van der Waals surface area (Å²) in [6.45, 7) is 0. The summed E-state index contributed by atoms with van der Waals surface area (Å²) in [5.74, 6) is -4.69. The topological polar surface area (TPSA) is 209 Å². The lowest BCUT2D eigenvalue weighted by Gasteiger charge is -2.06. The maximum absolute atomic E-state index is 10.6. The van der Waals surface area contributed by atoms with Crippen molar-refractivity contribution in [2.75, 3.05) is 0 Å². The second-order valence-electron chi connectivity index (χ2n) is 2.55. The molecule has 0 radical (unpaired) electrons. The molecular formula is C3HN9O6. The summed E-state index contributed by atoms with van der Waals surface area (Å²) < 4.78 is -0.225. The van der Waals surface area contributed by atoms with Crippen LogP contribution in [-0.4, -0.2) is 29.5 Å². The van der Waals surface area contributed by atoms with Gasteiger partial charge in [-0.3, -0.25) is 30.3 Å². The van der Waals surface area contributed by atoms with Gasteiger partial charge in [-0.05, 0) is 15.3 Å². The molecule has 0 fully saturated rings. The highest BCUT2D eigenvalue weighted by molar-refractivity contribution is 5.08. The summed E-state index contributed by atoms with van der Waals surface area (Å²) in [5.41, 5.74) is 8.03. The van der Waals surface area contributed by atoms with Crippen LogP contribution in [0.1, 0.15) is 0 Å². The van der Waals surface area contributed by atoms with Crippen molar-refractivity contribution in [3.05, 3.63) is 47.1 Å². The van der Waals surface area contributed by atoms with E-state index in [1.807, 2.05) is 0 Å². The zero-order chi connectivity index (χ0) is 13.9. The Morgan fingerprint density at radius 1 is 1.28 bits per heavy atom. The molecule has 0 N–H and O–H groups in total. The van der Waals surface area contributed by atoms with Gasteiger partial charge in [0.25, 0.3) is 0 Å². The highest BCUT2D eigenvalue weighted by Gasteiger charge is 2.75. The summed E-state index contributed by atoms with van der Waals surface area (Å²) >= 11 is 0. The minimum absolute atomic E-state index is 0.225. The Labute approximate surface area is 94.7 Å². The first-order valence-electron chi connectivity index (χ1n) is 3.78. The van der Waals surface area contributed by atoms with E-state index in [4.69, 9.17) is 5.53 Å². The van der Waals surface area contributed by atoms with Crippen LogP contribution < -0.4 is 0 Å².